The van der Waals surface area contributed by atoms with Crippen molar-refractivity contribution in [2.24, 2.45) is 0 Å². The van der Waals surface area contributed by atoms with Crippen LogP contribution < -0.4 is 14.4 Å². The third kappa shape index (κ3) is 5.45. The molecule has 1 aromatic heterocycles. The van der Waals surface area contributed by atoms with E-state index in [0.717, 1.165) is 16.8 Å². The molecule has 0 atom stereocenters. The minimum Gasteiger partial charge on any atom is -0.490 e. The second-order valence-corrected chi connectivity index (χ2v) is 9.25. The minimum absolute atomic E-state index is 0.0548. The van der Waals surface area contributed by atoms with Crippen LogP contribution in [0.25, 0.3) is 0 Å². The first-order valence-electron chi connectivity index (χ1n) is 8.94. The lowest BCUT2D eigenvalue weighted by atomic mass is 10.2. The van der Waals surface area contributed by atoms with Gasteiger partial charge in [-0.25, -0.2) is 8.42 Å². The predicted octanol–water partition coefficient (Wildman–Crippen LogP) is 4.89. The van der Waals surface area contributed by atoms with Gasteiger partial charge in [-0.15, -0.1) is 11.3 Å². The highest BCUT2D eigenvalue weighted by Crippen LogP contribution is 2.37. The molecule has 0 spiro atoms. The zero-order valence-corrected chi connectivity index (χ0v) is 17.9. The average Bonchev–Trinajstić information content (AvgIpc) is 3.20. The summed E-state index contributed by atoms with van der Waals surface area (Å²) in [5.41, 5.74) is 3.10. The summed E-state index contributed by atoms with van der Waals surface area (Å²) in [6.45, 7) is -0.491. The Morgan fingerprint density at radius 1 is 1.10 bits per heavy atom. The molecular formula is C20H20F2N2O4S2. The molecule has 0 amide bonds. The molecule has 160 valence electrons. The Balaban J connectivity index is 2.03. The van der Waals surface area contributed by atoms with Gasteiger partial charge in [-0.1, -0.05) is 0 Å². The highest BCUT2D eigenvalue weighted by atomic mass is 32.2. The van der Waals surface area contributed by atoms with Gasteiger partial charge in [-0.05, 0) is 43.3 Å². The van der Waals surface area contributed by atoms with Crippen molar-refractivity contribution in [1.29, 1.82) is 0 Å². The van der Waals surface area contributed by atoms with E-state index in [1.165, 1.54) is 29.5 Å². The summed E-state index contributed by atoms with van der Waals surface area (Å²) in [4.78, 5) is 7.17. The van der Waals surface area contributed by atoms with Crippen LogP contribution >= 0.6 is 11.3 Å². The first kappa shape index (κ1) is 22.0. The van der Waals surface area contributed by atoms with Crippen LogP contribution in [0.4, 0.5) is 20.2 Å². The molecule has 0 saturated heterocycles. The molecular weight excluding hydrogens is 434 g/mol. The van der Waals surface area contributed by atoms with Gasteiger partial charge < -0.3 is 14.4 Å². The van der Waals surface area contributed by atoms with E-state index in [1.54, 1.807) is 42.9 Å². The molecule has 6 nitrogen and oxygen atoms in total. The van der Waals surface area contributed by atoms with Crippen LogP contribution in [-0.4, -0.2) is 32.9 Å². The standard InChI is InChI=1S/C20H20F2N2O4S2/c1-3-27-19-10-15(6-9-18(19)28-20(21)22)24(12-16-11-23-13-29-16)14-4-7-17(8-5-14)30(2,25)26/h4-11,13,20H,3,12H2,1-2H3. The minimum atomic E-state index is -3.33. The number of alkyl halides is 2. The number of hydrogen-bond donors (Lipinski definition) is 0. The number of rotatable bonds is 9. The van der Waals surface area contributed by atoms with E-state index in [1.807, 2.05) is 4.90 Å². The molecule has 0 aliphatic heterocycles. The lowest BCUT2D eigenvalue weighted by Crippen LogP contribution is -2.16. The number of sulfone groups is 1. The van der Waals surface area contributed by atoms with Gasteiger partial charge in [0.05, 0.1) is 23.6 Å². The summed E-state index contributed by atoms with van der Waals surface area (Å²) < 4.78 is 59.0. The number of thiazole rings is 1. The zero-order valence-electron chi connectivity index (χ0n) is 16.3. The summed E-state index contributed by atoms with van der Waals surface area (Å²) in [6.07, 6.45) is 2.88. The Labute approximate surface area is 177 Å². The van der Waals surface area contributed by atoms with Crippen LogP contribution in [0, 0.1) is 0 Å². The normalized spacial score (nSPS) is 11.5. The van der Waals surface area contributed by atoms with Crippen molar-refractivity contribution >= 4 is 32.5 Å². The molecule has 0 radical (unpaired) electrons. The van der Waals surface area contributed by atoms with Gasteiger partial charge in [-0.3, -0.25) is 4.98 Å². The number of anilines is 2. The fourth-order valence-electron chi connectivity index (χ4n) is 2.81. The van der Waals surface area contributed by atoms with E-state index < -0.39 is 16.4 Å². The highest BCUT2D eigenvalue weighted by Gasteiger charge is 2.17. The Kier molecular flexibility index (Phi) is 6.88. The molecule has 0 unspecified atom stereocenters. The van der Waals surface area contributed by atoms with E-state index in [0.29, 0.717) is 12.2 Å². The van der Waals surface area contributed by atoms with Gasteiger partial charge in [-0.2, -0.15) is 8.78 Å². The molecule has 0 bridgehead atoms. The second kappa shape index (κ2) is 9.40. The maximum absolute atomic E-state index is 12.7. The van der Waals surface area contributed by atoms with Crippen molar-refractivity contribution in [1.82, 2.24) is 4.98 Å². The largest absolute Gasteiger partial charge is 0.490 e. The summed E-state index contributed by atoms with van der Waals surface area (Å²) in [5.74, 6) is 0.137. The average molecular weight is 455 g/mol. The van der Waals surface area contributed by atoms with E-state index in [4.69, 9.17) is 4.74 Å². The van der Waals surface area contributed by atoms with Crippen molar-refractivity contribution in [2.75, 3.05) is 17.8 Å². The first-order valence-corrected chi connectivity index (χ1v) is 11.7. The topological polar surface area (TPSA) is 68.7 Å². The van der Waals surface area contributed by atoms with Crippen molar-refractivity contribution in [3.05, 3.63) is 59.0 Å². The second-order valence-electron chi connectivity index (χ2n) is 6.26. The summed E-state index contributed by atoms with van der Waals surface area (Å²) in [6, 6.07) is 11.1. The fraction of sp³-hybridized carbons (Fsp3) is 0.250. The Morgan fingerprint density at radius 3 is 2.37 bits per heavy atom. The molecule has 0 aliphatic rings. The maximum Gasteiger partial charge on any atom is 0.387 e. The molecule has 3 aromatic rings. The smallest absolute Gasteiger partial charge is 0.387 e. The van der Waals surface area contributed by atoms with Crippen LogP contribution in [0.5, 0.6) is 11.5 Å². The maximum atomic E-state index is 12.7. The molecule has 2 aromatic carbocycles. The van der Waals surface area contributed by atoms with Gasteiger partial charge in [0.15, 0.2) is 21.3 Å². The van der Waals surface area contributed by atoms with Gasteiger partial charge in [0.2, 0.25) is 0 Å². The van der Waals surface area contributed by atoms with E-state index in [-0.39, 0.29) is 23.0 Å². The molecule has 0 saturated carbocycles. The Hall–Kier alpha value is -2.72. The number of hydrogen-bond acceptors (Lipinski definition) is 7. The number of halogens is 2. The van der Waals surface area contributed by atoms with Crippen molar-refractivity contribution < 1.29 is 26.7 Å². The van der Waals surface area contributed by atoms with Crippen LogP contribution in [-0.2, 0) is 16.4 Å². The van der Waals surface area contributed by atoms with Gasteiger partial charge in [0, 0.05) is 34.8 Å². The van der Waals surface area contributed by atoms with Crippen molar-refractivity contribution in [3.63, 3.8) is 0 Å². The lowest BCUT2D eigenvalue weighted by molar-refractivity contribution is -0.0514. The first-order chi connectivity index (χ1) is 14.3. The molecule has 0 N–H and O–H groups in total. The molecule has 1 heterocycles. The molecule has 0 fully saturated rings. The van der Waals surface area contributed by atoms with Gasteiger partial charge in [0.25, 0.3) is 0 Å². The van der Waals surface area contributed by atoms with Crippen LogP contribution in [0.1, 0.15) is 11.8 Å². The quantitative estimate of drug-likeness (QED) is 0.459. The lowest BCUT2D eigenvalue weighted by Gasteiger charge is -2.25. The third-order valence-electron chi connectivity index (χ3n) is 4.13. The van der Waals surface area contributed by atoms with E-state index in [2.05, 4.69) is 9.72 Å². The highest BCUT2D eigenvalue weighted by molar-refractivity contribution is 7.90. The summed E-state index contributed by atoms with van der Waals surface area (Å²) >= 11 is 1.47. The fourth-order valence-corrected chi connectivity index (χ4v) is 4.02. The Bertz CT molecular complexity index is 1070. The number of nitrogens with zero attached hydrogens (tertiary/aromatic N) is 2. The van der Waals surface area contributed by atoms with E-state index >= 15 is 0 Å². The monoisotopic (exact) mass is 454 g/mol. The summed E-state index contributed by atoms with van der Waals surface area (Å²) in [5, 5.41) is 0. The zero-order chi connectivity index (χ0) is 21.7. The van der Waals surface area contributed by atoms with Crippen LogP contribution in [0.3, 0.4) is 0 Å². The van der Waals surface area contributed by atoms with Gasteiger partial charge >= 0.3 is 6.61 Å². The van der Waals surface area contributed by atoms with Crippen LogP contribution in [0.2, 0.25) is 0 Å². The predicted molar refractivity (Wildman–Crippen MR) is 112 cm³/mol. The number of benzene rings is 2. The molecule has 0 aliphatic carbocycles. The molecule has 30 heavy (non-hydrogen) atoms. The third-order valence-corrected chi connectivity index (χ3v) is 6.02. The Morgan fingerprint density at radius 2 is 1.80 bits per heavy atom. The van der Waals surface area contributed by atoms with Crippen LogP contribution in [0.15, 0.2) is 59.1 Å². The number of aromatic nitrogens is 1. The molecule has 3 rings (SSSR count). The van der Waals surface area contributed by atoms with Crippen molar-refractivity contribution in [2.45, 2.75) is 25.0 Å². The van der Waals surface area contributed by atoms with E-state index in [9.17, 15) is 17.2 Å². The summed E-state index contributed by atoms with van der Waals surface area (Å²) in [7, 11) is -3.33. The van der Waals surface area contributed by atoms with Gasteiger partial charge in [0.1, 0.15) is 0 Å². The SMILES string of the molecule is CCOc1cc(N(Cc2cncs2)c2ccc(S(C)(=O)=O)cc2)ccc1OC(F)F. The molecule has 10 heteroatoms. The van der Waals surface area contributed by atoms with Crippen molar-refractivity contribution in [3.8, 4) is 11.5 Å². The number of ether oxygens (including phenoxy) is 2.